The number of likely N-dealkylation sites (tertiary alicyclic amines) is 1. The molecule has 2 aliphatic rings. The number of nitrogens with one attached hydrogen (secondary N) is 1. The van der Waals surface area contributed by atoms with Crippen LogP contribution >= 0.6 is 11.3 Å². The van der Waals surface area contributed by atoms with Crippen molar-refractivity contribution in [2.45, 2.75) is 18.9 Å². The van der Waals surface area contributed by atoms with E-state index in [4.69, 9.17) is 9.47 Å². The van der Waals surface area contributed by atoms with Crippen LogP contribution in [0.4, 0.5) is 0 Å². The van der Waals surface area contributed by atoms with Gasteiger partial charge in [0.05, 0.1) is 11.1 Å². The van der Waals surface area contributed by atoms with Crippen LogP contribution in [0.1, 0.15) is 22.5 Å². The van der Waals surface area contributed by atoms with Gasteiger partial charge in [0.25, 0.3) is 5.91 Å². The molecule has 0 radical (unpaired) electrons. The number of hydrogen-bond acceptors (Lipinski definition) is 6. The lowest BCUT2D eigenvalue weighted by Crippen LogP contribution is -2.46. The second-order valence-corrected chi connectivity index (χ2v) is 9.84. The molecule has 1 saturated heterocycles. The van der Waals surface area contributed by atoms with E-state index < -0.39 is 10.0 Å². The van der Waals surface area contributed by atoms with E-state index in [1.807, 2.05) is 30.3 Å². The van der Waals surface area contributed by atoms with Crippen molar-refractivity contribution in [2.75, 3.05) is 32.6 Å². The molecule has 0 spiro atoms. The summed E-state index contributed by atoms with van der Waals surface area (Å²) in [6.07, 6.45) is 2.41. The van der Waals surface area contributed by atoms with Gasteiger partial charge in [0.15, 0.2) is 11.5 Å². The molecule has 0 aliphatic carbocycles. The highest BCUT2D eigenvalue weighted by Crippen LogP contribution is 2.37. The predicted octanol–water partition coefficient (Wildman–Crippen LogP) is 2.34. The van der Waals surface area contributed by atoms with Gasteiger partial charge in [-0.25, -0.2) is 13.1 Å². The third kappa shape index (κ3) is 4.31. The Labute approximate surface area is 168 Å². The van der Waals surface area contributed by atoms with E-state index in [1.54, 1.807) is 4.90 Å². The molecule has 2 aliphatic heterocycles. The van der Waals surface area contributed by atoms with E-state index in [9.17, 15) is 13.2 Å². The number of benzene rings is 1. The van der Waals surface area contributed by atoms with Crippen LogP contribution in [0.15, 0.2) is 30.3 Å². The smallest absolute Gasteiger partial charge is 0.263 e. The zero-order chi connectivity index (χ0) is 19.7. The van der Waals surface area contributed by atoms with E-state index >= 15 is 0 Å². The zero-order valence-corrected chi connectivity index (χ0v) is 17.1. The summed E-state index contributed by atoms with van der Waals surface area (Å²) in [5.41, 5.74) is 0.990. The second-order valence-electron chi connectivity index (χ2n) is 6.98. The van der Waals surface area contributed by atoms with Crippen molar-refractivity contribution >= 4 is 27.3 Å². The minimum atomic E-state index is -3.22. The Morgan fingerprint density at radius 3 is 2.54 bits per heavy atom. The lowest BCUT2D eigenvalue weighted by Gasteiger charge is -2.31. The normalized spacial score (nSPS) is 17.5. The lowest BCUT2D eigenvalue weighted by atomic mass is 10.1. The first-order chi connectivity index (χ1) is 13.4. The minimum absolute atomic E-state index is 0.00778. The molecule has 4 rings (SSSR count). The molecule has 3 heterocycles. The summed E-state index contributed by atoms with van der Waals surface area (Å²) >= 11 is 1.45. The molecule has 0 atom stereocenters. The Balaban J connectivity index is 1.42. The number of ether oxygens (including phenoxy) is 2. The molecule has 1 amide bonds. The molecular weight excluding hydrogens is 400 g/mol. The van der Waals surface area contributed by atoms with Gasteiger partial charge in [0, 0.05) is 24.0 Å². The monoisotopic (exact) mass is 422 g/mol. The number of nitrogens with zero attached hydrogens (tertiary/aromatic N) is 1. The van der Waals surface area contributed by atoms with E-state index in [0.29, 0.717) is 44.0 Å². The molecule has 150 valence electrons. The molecule has 0 saturated carbocycles. The quantitative estimate of drug-likeness (QED) is 0.818. The highest BCUT2D eigenvalue weighted by molar-refractivity contribution is 7.88. The number of fused-ring (bicyclic) bond motifs is 1. The van der Waals surface area contributed by atoms with Crippen LogP contribution in [0.3, 0.4) is 0 Å². The first-order valence-electron chi connectivity index (χ1n) is 9.15. The van der Waals surface area contributed by atoms with Crippen molar-refractivity contribution in [3.8, 4) is 21.9 Å². The number of thiophene rings is 1. The van der Waals surface area contributed by atoms with Crippen molar-refractivity contribution in [3.05, 3.63) is 35.2 Å². The Kier molecular flexibility index (Phi) is 5.31. The summed E-state index contributed by atoms with van der Waals surface area (Å²) in [5.74, 6) is 1.46. The van der Waals surface area contributed by atoms with Gasteiger partial charge < -0.3 is 14.4 Å². The summed E-state index contributed by atoms with van der Waals surface area (Å²) in [6.45, 7) is 2.18. The van der Waals surface area contributed by atoms with Crippen molar-refractivity contribution in [1.29, 1.82) is 0 Å². The third-order valence-corrected chi connectivity index (χ3v) is 6.69. The van der Waals surface area contributed by atoms with Gasteiger partial charge in [-0.1, -0.05) is 0 Å². The number of piperidine rings is 1. The summed E-state index contributed by atoms with van der Waals surface area (Å²) in [7, 11) is -3.22. The number of sulfonamides is 1. The van der Waals surface area contributed by atoms with Crippen LogP contribution in [0, 0.1) is 0 Å². The van der Waals surface area contributed by atoms with Gasteiger partial charge in [-0.15, -0.1) is 11.3 Å². The second kappa shape index (κ2) is 7.73. The van der Waals surface area contributed by atoms with Crippen LogP contribution in [0.25, 0.3) is 10.4 Å². The minimum Gasteiger partial charge on any atom is -0.486 e. The molecule has 9 heteroatoms. The molecule has 7 nitrogen and oxygen atoms in total. The van der Waals surface area contributed by atoms with Crippen LogP contribution in [-0.2, 0) is 10.0 Å². The molecular formula is C19H22N2O5S2. The Hall–Kier alpha value is -2.10. The van der Waals surface area contributed by atoms with Gasteiger partial charge in [0.2, 0.25) is 10.0 Å². The van der Waals surface area contributed by atoms with Gasteiger partial charge in [0.1, 0.15) is 13.2 Å². The van der Waals surface area contributed by atoms with Crippen LogP contribution < -0.4 is 14.2 Å². The van der Waals surface area contributed by atoms with Crippen LogP contribution in [0.2, 0.25) is 0 Å². The largest absolute Gasteiger partial charge is 0.486 e. The van der Waals surface area contributed by atoms with Crippen molar-refractivity contribution in [3.63, 3.8) is 0 Å². The Morgan fingerprint density at radius 1 is 1.11 bits per heavy atom. The molecule has 0 unspecified atom stereocenters. The zero-order valence-electron chi connectivity index (χ0n) is 15.5. The molecule has 28 heavy (non-hydrogen) atoms. The summed E-state index contributed by atoms with van der Waals surface area (Å²) in [5, 5.41) is 0. The number of hydrogen-bond donors (Lipinski definition) is 1. The first-order valence-corrected chi connectivity index (χ1v) is 11.9. The first kappa shape index (κ1) is 19.2. The van der Waals surface area contributed by atoms with Gasteiger partial charge in [-0.3, -0.25) is 4.79 Å². The fourth-order valence-electron chi connectivity index (χ4n) is 3.46. The fourth-order valence-corrected chi connectivity index (χ4v) is 5.28. The average molecular weight is 423 g/mol. The van der Waals surface area contributed by atoms with E-state index in [2.05, 4.69) is 4.72 Å². The molecule has 1 aromatic carbocycles. The SMILES string of the molecule is CS(=O)(=O)NC1CCN(C(=O)c2ccc(-c3ccc4c(c3)OCCO4)s2)CC1. The summed E-state index contributed by atoms with van der Waals surface area (Å²) in [4.78, 5) is 16.3. The van der Waals surface area contributed by atoms with Gasteiger partial charge in [-0.05, 0) is 48.7 Å². The van der Waals surface area contributed by atoms with Crippen LogP contribution in [-0.4, -0.2) is 57.8 Å². The maximum absolute atomic E-state index is 12.8. The standard InChI is InChI=1S/C19H22N2O5S2/c1-28(23,24)20-14-6-8-21(9-7-14)19(22)18-5-4-17(27-18)13-2-3-15-16(12-13)26-11-10-25-15/h2-5,12,14,20H,6-11H2,1H3. The average Bonchev–Trinajstić information content (AvgIpc) is 3.16. The highest BCUT2D eigenvalue weighted by atomic mass is 32.2. The van der Waals surface area contributed by atoms with E-state index in [1.165, 1.54) is 11.3 Å². The number of rotatable bonds is 4. The molecule has 1 fully saturated rings. The lowest BCUT2D eigenvalue weighted by molar-refractivity contribution is 0.0716. The number of carbonyl (C=O) groups is 1. The third-order valence-electron chi connectivity index (χ3n) is 4.81. The molecule has 1 N–H and O–H groups in total. The van der Waals surface area contributed by atoms with Crippen molar-refractivity contribution < 1.29 is 22.7 Å². The van der Waals surface area contributed by atoms with Crippen molar-refractivity contribution in [1.82, 2.24) is 9.62 Å². The fraction of sp³-hybridized carbons (Fsp3) is 0.421. The van der Waals surface area contributed by atoms with E-state index in [-0.39, 0.29) is 11.9 Å². The molecule has 1 aromatic heterocycles. The number of carbonyl (C=O) groups excluding carboxylic acids is 1. The number of amides is 1. The Morgan fingerprint density at radius 2 is 1.82 bits per heavy atom. The summed E-state index contributed by atoms with van der Waals surface area (Å²) in [6, 6.07) is 9.49. The van der Waals surface area contributed by atoms with E-state index in [0.717, 1.165) is 28.2 Å². The van der Waals surface area contributed by atoms with Crippen LogP contribution in [0.5, 0.6) is 11.5 Å². The highest BCUT2D eigenvalue weighted by Gasteiger charge is 2.26. The maximum Gasteiger partial charge on any atom is 0.263 e. The predicted molar refractivity (Wildman–Crippen MR) is 108 cm³/mol. The Bertz CT molecular complexity index is 978. The van der Waals surface area contributed by atoms with Gasteiger partial charge >= 0.3 is 0 Å². The summed E-state index contributed by atoms with van der Waals surface area (Å²) < 4.78 is 36.5. The maximum atomic E-state index is 12.8. The van der Waals surface area contributed by atoms with Crippen molar-refractivity contribution in [2.24, 2.45) is 0 Å². The topological polar surface area (TPSA) is 84.9 Å². The molecule has 2 aromatic rings. The molecule has 0 bridgehead atoms. The van der Waals surface area contributed by atoms with Gasteiger partial charge in [-0.2, -0.15) is 0 Å².